The Hall–Kier alpha value is -4.23. The van der Waals surface area contributed by atoms with Crippen LogP contribution in [0.2, 0.25) is 0 Å². The van der Waals surface area contributed by atoms with Crippen LogP contribution < -0.4 is 22.6 Å². The summed E-state index contributed by atoms with van der Waals surface area (Å²) in [5.74, 6) is -0.522. The second-order valence-corrected chi connectivity index (χ2v) is 12.4. The molecule has 0 spiro atoms. The van der Waals surface area contributed by atoms with Gasteiger partial charge in [-0.05, 0) is 61.4 Å². The van der Waals surface area contributed by atoms with Gasteiger partial charge in [0, 0.05) is 5.56 Å². The van der Waals surface area contributed by atoms with Crippen LogP contribution in [0.15, 0.2) is 60.2 Å². The van der Waals surface area contributed by atoms with Crippen molar-refractivity contribution in [2.45, 2.75) is 13.8 Å². The van der Waals surface area contributed by atoms with E-state index in [1.54, 1.807) is 42.5 Å². The highest BCUT2D eigenvalue weighted by molar-refractivity contribution is 7.86. The Morgan fingerprint density at radius 1 is 0.738 bits per heavy atom. The quantitative estimate of drug-likeness (QED) is 0.156. The van der Waals surface area contributed by atoms with Gasteiger partial charge in [-0.25, -0.2) is 4.79 Å². The van der Waals surface area contributed by atoms with E-state index in [0.717, 1.165) is 18.1 Å². The second-order valence-electron chi connectivity index (χ2n) is 9.26. The first kappa shape index (κ1) is 32.3. The van der Waals surface area contributed by atoms with Crippen LogP contribution in [0.1, 0.15) is 24.2 Å². The van der Waals surface area contributed by atoms with Crippen LogP contribution in [0.5, 0.6) is 28.7 Å². The van der Waals surface area contributed by atoms with Gasteiger partial charge in [0.1, 0.15) is 12.4 Å². The lowest BCUT2D eigenvalue weighted by Crippen LogP contribution is -2.10. The highest BCUT2D eigenvalue weighted by atomic mass is 32.2. The molecule has 0 aliphatic heterocycles. The van der Waals surface area contributed by atoms with Crippen molar-refractivity contribution in [1.29, 1.82) is 0 Å². The van der Waals surface area contributed by atoms with E-state index in [4.69, 9.17) is 27.3 Å². The third kappa shape index (κ3) is 8.17. The molecule has 0 N–H and O–H groups in total. The largest absolute Gasteiger partial charge is 0.496 e. The predicted octanol–water partition coefficient (Wildman–Crippen LogP) is 4.85. The first-order valence-corrected chi connectivity index (χ1v) is 16.0. The molecule has 0 unspecified atom stereocenters. The van der Waals surface area contributed by atoms with Gasteiger partial charge in [0.05, 0.1) is 45.0 Å². The zero-order valence-corrected chi connectivity index (χ0v) is 25.8. The molecule has 13 heteroatoms. The highest BCUT2D eigenvalue weighted by Crippen LogP contribution is 2.51. The van der Waals surface area contributed by atoms with Crippen molar-refractivity contribution >= 4 is 26.2 Å². The van der Waals surface area contributed by atoms with Crippen LogP contribution in [-0.2, 0) is 25.0 Å². The number of carbonyl (C=O) groups is 1. The molecule has 0 aliphatic carbocycles. The van der Waals surface area contributed by atoms with Gasteiger partial charge in [0.15, 0.2) is 23.0 Å². The van der Waals surface area contributed by atoms with Crippen LogP contribution in [0.3, 0.4) is 0 Å². The SMILES string of the molecule is COC(=O)c1ccc(-c2cc(OC)c(-c3ccc(OCC=C(C)C)c(OS(C)(=O)=O)c3)c(OS(C)(=O)=O)c2OC)cc1. The number of carbonyl (C=O) groups excluding carboxylic acids is 1. The summed E-state index contributed by atoms with van der Waals surface area (Å²) >= 11 is 0. The van der Waals surface area contributed by atoms with Gasteiger partial charge < -0.3 is 27.3 Å². The van der Waals surface area contributed by atoms with E-state index in [1.807, 2.05) is 13.8 Å². The smallest absolute Gasteiger partial charge is 0.337 e. The molecule has 0 saturated carbocycles. The van der Waals surface area contributed by atoms with Crippen LogP contribution in [0.25, 0.3) is 22.3 Å². The number of rotatable bonds is 12. The lowest BCUT2D eigenvalue weighted by atomic mass is 9.95. The van der Waals surface area contributed by atoms with Gasteiger partial charge in [0.25, 0.3) is 0 Å². The number of esters is 1. The zero-order valence-electron chi connectivity index (χ0n) is 24.2. The van der Waals surface area contributed by atoms with E-state index in [9.17, 15) is 21.6 Å². The zero-order chi connectivity index (χ0) is 31.2. The maximum Gasteiger partial charge on any atom is 0.337 e. The Kier molecular flexibility index (Phi) is 10.1. The fourth-order valence-electron chi connectivity index (χ4n) is 3.91. The summed E-state index contributed by atoms with van der Waals surface area (Å²) in [5, 5.41) is 0. The van der Waals surface area contributed by atoms with E-state index >= 15 is 0 Å². The Labute approximate surface area is 245 Å². The third-order valence-corrected chi connectivity index (χ3v) is 6.63. The second kappa shape index (κ2) is 13.2. The van der Waals surface area contributed by atoms with E-state index in [1.165, 1.54) is 33.5 Å². The molecule has 0 radical (unpaired) electrons. The molecule has 0 fully saturated rings. The summed E-state index contributed by atoms with van der Waals surface area (Å²) < 4.78 is 81.5. The molecule has 3 rings (SSSR count). The van der Waals surface area contributed by atoms with Gasteiger partial charge >= 0.3 is 26.2 Å². The van der Waals surface area contributed by atoms with Gasteiger partial charge in [-0.1, -0.05) is 23.8 Å². The minimum Gasteiger partial charge on any atom is -0.496 e. The average Bonchev–Trinajstić information content (AvgIpc) is 2.91. The maximum absolute atomic E-state index is 12.4. The Bertz CT molecular complexity index is 1700. The third-order valence-electron chi connectivity index (χ3n) is 5.68. The van der Waals surface area contributed by atoms with Crippen LogP contribution in [0, 0.1) is 0 Å². The van der Waals surface area contributed by atoms with Crippen molar-refractivity contribution in [2.75, 3.05) is 40.4 Å². The fourth-order valence-corrected chi connectivity index (χ4v) is 4.83. The van der Waals surface area contributed by atoms with Crippen LogP contribution >= 0.6 is 0 Å². The van der Waals surface area contributed by atoms with E-state index in [2.05, 4.69) is 0 Å². The minimum absolute atomic E-state index is 0.0384. The predicted molar refractivity (Wildman–Crippen MR) is 158 cm³/mol. The number of methoxy groups -OCH3 is 3. The summed E-state index contributed by atoms with van der Waals surface area (Å²) in [7, 11) is -4.09. The van der Waals surface area contributed by atoms with Gasteiger partial charge in [-0.2, -0.15) is 16.8 Å². The monoisotopic (exact) mass is 620 g/mol. The van der Waals surface area contributed by atoms with Crippen molar-refractivity contribution in [1.82, 2.24) is 0 Å². The first-order chi connectivity index (χ1) is 19.7. The molecule has 0 amide bonds. The molecule has 0 saturated heterocycles. The Morgan fingerprint density at radius 2 is 1.36 bits per heavy atom. The maximum atomic E-state index is 12.4. The van der Waals surface area contributed by atoms with Crippen LogP contribution in [-0.4, -0.2) is 63.3 Å². The molecule has 11 nitrogen and oxygen atoms in total. The van der Waals surface area contributed by atoms with Crippen molar-refractivity contribution in [2.24, 2.45) is 0 Å². The molecule has 0 aliphatic rings. The van der Waals surface area contributed by atoms with Gasteiger partial charge in [-0.15, -0.1) is 0 Å². The topological polar surface area (TPSA) is 141 Å². The standard InChI is InChI=1S/C29H32O11S2/c1-18(2)14-15-38-23-13-12-21(16-24(23)39-41(6,31)32)26-25(35-3)17-22(27(36-4)28(26)40-42(7,33)34)19-8-10-20(11-9-19)29(30)37-5/h8-14,16-17H,15H2,1-7H3. The molecule has 0 bridgehead atoms. The summed E-state index contributed by atoms with van der Waals surface area (Å²) in [5.41, 5.74) is 2.67. The normalized spacial score (nSPS) is 11.3. The summed E-state index contributed by atoms with van der Waals surface area (Å²) in [6, 6.07) is 12.4. The first-order valence-electron chi connectivity index (χ1n) is 12.3. The molecule has 0 heterocycles. The number of hydrogen-bond acceptors (Lipinski definition) is 11. The van der Waals surface area contributed by atoms with Gasteiger partial charge in [-0.3, -0.25) is 0 Å². The molecule has 226 valence electrons. The molecule has 0 aromatic heterocycles. The van der Waals surface area contributed by atoms with Crippen LogP contribution in [0.4, 0.5) is 0 Å². The van der Waals surface area contributed by atoms with E-state index < -0.39 is 26.2 Å². The fraction of sp³-hybridized carbons (Fsp3) is 0.276. The average molecular weight is 621 g/mol. The molecule has 3 aromatic rings. The molecule has 42 heavy (non-hydrogen) atoms. The molecule has 3 aromatic carbocycles. The lowest BCUT2D eigenvalue weighted by molar-refractivity contribution is 0.0600. The number of hydrogen-bond donors (Lipinski definition) is 0. The highest BCUT2D eigenvalue weighted by Gasteiger charge is 2.27. The van der Waals surface area contributed by atoms with Crippen molar-refractivity contribution in [3.63, 3.8) is 0 Å². The van der Waals surface area contributed by atoms with Gasteiger partial charge in [0.2, 0.25) is 0 Å². The van der Waals surface area contributed by atoms with E-state index in [0.29, 0.717) is 16.7 Å². The lowest BCUT2D eigenvalue weighted by Gasteiger charge is -2.21. The number of benzene rings is 3. The number of allylic oxidation sites excluding steroid dienone is 1. The van der Waals surface area contributed by atoms with Crippen molar-refractivity contribution in [3.05, 3.63) is 65.7 Å². The van der Waals surface area contributed by atoms with E-state index in [-0.39, 0.29) is 46.5 Å². The van der Waals surface area contributed by atoms with Crippen molar-refractivity contribution in [3.8, 4) is 51.0 Å². The summed E-state index contributed by atoms with van der Waals surface area (Å²) in [6.45, 7) is 3.94. The minimum atomic E-state index is -4.11. The molecule has 0 atom stereocenters. The van der Waals surface area contributed by atoms with Crippen molar-refractivity contribution < 1.29 is 48.9 Å². The molecular formula is C29H32O11S2. The number of ether oxygens (including phenoxy) is 4. The Morgan fingerprint density at radius 3 is 1.88 bits per heavy atom. The molecular weight excluding hydrogens is 588 g/mol. The summed E-state index contributed by atoms with van der Waals surface area (Å²) in [4.78, 5) is 11.9. The Balaban J connectivity index is 2.32. The summed E-state index contributed by atoms with van der Waals surface area (Å²) in [6.07, 6.45) is 3.57.